The largest absolute Gasteiger partial charge is 0.416 e. The van der Waals surface area contributed by atoms with Crippen LogP contribution in [0.3, 0.4) is 0 Å². The Labute approximate surface area is 178 Å². The molecular formula is C24H23F3N2O2. The number of rotatable bonds is 4. The number of nitrogens with one attached hydrogen (secondary N) is 1. The van der Waals surface area contributed by atoms with Crippen molar-refractivity contribution in [2.75, 3.05) is 11.9 Å². The third kappa shape index (κ3) is 4.87. The topological polar surface area (TPSA) is 49.4 Å². The van der Waals surface area contributed by atoms with Crippen molar-refractivity contribution in [2.24, 2.45) is 0 Å². The van der Waals surface area contributed by atoms with Crippen LogP contribution in [0.1, 0.15) is 36.7 Å². The molecule has 0 atom stereocenters. The van der Waals surface area contributed by atoms with Gasteiger partial charge in [-0.2, -0.15) is 13.2 Å². The van der Waals surface area contributed by atoms with E-state index in [4.69, 9.17) is 0 Å². The van der Waals surface area contributed by atoms with Crippen molar-refractivity contribution in [3.05, 3.63) is 65.7 Å². The number of fused-ring (bicyclic) bond motifs is 1. The Morgan fingerprint density at radius 2 is 1.61 bits per heavy atom. The molecule has 0 saturated carbocycles. The van der Waals surface area contributed by atoms with Crippen LogP contribution in [0.4, 0.5) is 18.9 Å². The van der Waals surface area contributed by atoms with Crippen LogP contribution < -0.4 is 10.2 Å². The zero-order valence-corrected chi connectivity index (χ0v) is 17.7. The highest BCUT2D eigenvalue weighted by Crippen LogP contribution is 2.36. The summed E-state index contributed by atoms with van der Waals surface area (Å²) in [6.07, 6.45) is -4.42. The maximum absolute atomic E-state index is 13.0. The van der Waals surface area contributed by atoms with E-state index in [1.54, 1.807) is 37.4 Å². The van der Waals surface area contributed by atoms with Gasteiger partial charge in [0.25, 0.3) is 5.91 Å². The second-order valence-corrected chi connectivity index (χ2v) is 7.71. The Hall–Kier alpha value is -3.35. The number of alkyl halides is 3. The first-order chi connectivity index (χ1) is 14.5. The Kier molecular flexibility index (Phi) is 6.06. The smallest absolute Gasteiger partial charge is 0.350 e. The number of nitrogens with zero attached hydrogens (tertiary/aromatic N) is 1. The van der Waals surface area contributed by atoms with E-state index < -0.39 is 11.7 Å². The van der Waals surface area contributed by atoms with Crippen LogP contribution in [0.25, 0.3) is 21.9 Å². The van der Waals surface area contributed by atoms with E-state index in [0.717, 1.165) is 17.5 Å². The number of carbonyl (C=O) groups excluding carboxylic acids is 2. The fourth-order valence-corrected chi connectivity index (χ4v) is 3.29. The Bertz CT molecular complexity index is 1140. The summed E-state index contributed by atoms with van der Waals surface area (Å²) in [7, 11) is 1.62. The third-order valence-electron chi connectivity index (χ3n) is 5.00. The predicted octanol–water partition coefficient (Wildman–Crippen LogP) is 5.65. The molecule has 0 aliphatic heterocycles. The first-order valence-corrected chi connectivity index (χ1v) is 9.78. The van der Waals surface area contributed by atoms with Gasteiger partial charge in [0.05, 0.1) is 5.56 Å². The van der Waals surface area contributed by atoms with Crippen molar-refractivity contribution < 1.29 is 22.8 Å². The van der Waals surface area contributed by atoms with E-state index >= 15 is 0 Å². The van der Waals surface area contributed by atoms with Crippen molar-refractivity contribution in [2.45, 2.75) is 33.0 Å². The summed E-state index contributed by atoms with van der Waals surface area (Å²) in [6, 6.07) is 13.6. The quantitative estimate of drug-likeness (QED) is 0.584. The molecule has 31 heavy (non-hydrogen) atoms. The van der Waals surface area contributed by atoms with Crippen molar-refractivity contribution in [1.29, 1.82) is 0 Å². The molecule has 0 aliphatic rings. The van der Waals surface area contributed by atoms with E-state index in [1.165, 1.54) is 24.0 Å². The van der Waals surface area contributed by atoms with Gasteiger partial charge in [-0.15, -0.1) is 0 Å². The summed E-state index contributed by atoms with van der Waals surface area (Å²) in [5.74, 6) is -0.412. The molecule has 162 valence electrons. The minimum Gasteiger partial charge on any atom is -0.350 e. The minimum absolute atomic E-state index is 0.0268. The van der Waals surface area contributed by atoms with Gasteiger partial charge in [-0.1, -0.05) is 18.2 Å². The van der Waals surface area contributed by atoms with Gasteiger partial charge >= 0.3 is 6.18 Å². The molecule has 3 rings (SSSR count). The van der Waals surface area contributed by atoms with Crippen LogP contribution in [0.5, 0.6) is 0 Å². The summed E-state index contributed by atoms with van der Waals surface area (Å²) >= 11 is 0. The van der Waals surface area contributed by atoms with Crippen molar-refractivity contribution in [1.82, 2.24) is 5.32 Å². The van der Waals surface area contributed by atoms with Gasteiger partial charge < -0.3 is 10.2 Å². The van der Waals surface area contributed by atoms with Gasteiger partial charge in [-0.3, -0.25) is 9.59 Å². The molecule has 0 heterocycles. The monoisotopic (exact) mass is 428 g/mol. The second kappa shape index (κ2) is 8.41. The van der Waals surface area contributed by atoms with Crippen LogP contribution in [-0.2, 0) is 11.0 Å². The SMILES string of the molecule is CC(=O)N(C)c1cc(-c2ccc(C(F)(F)F)cc2)c2ccc(C(=O)NC(C)C)cc2c1. The third-order valence-corrected chi connectivity index (χ3v) is 5.00. The molecule has 3 aromatic carbocycles. The summed E-state index contributed by atoms with van der Waals surface area (Å²) < 4.78 is 38.9. The van der Waals surface area contributed by atoms with Crippen LogP contribution in [0, 0.1) is 0 Å². The lowest BCUT2D eigenvalue weighted by Crippen LogP contribution is -2.30. The predicted molar refractivity (Wildman–Crippen MR) is 116 cm³/mol. The van der Waals surface area contributed by atoms with Crippen LogP contribution >= 0.6 is 0 Å². The zero-order chi connectivity index (χ0) is 22.9. The molecule has 2 amide bonds. The molecule has 0 spiro atoms. The minimum atomic E-state index is -4.42. The molecule has 0 fully saturated rings. The van der Waals surface area contributed by atoms with E-state index in [1.807, 2.05) is 13.8 Å². The number of anilines is 1. The van der Waals surface area contributed by atoms with Gasteiger partial charge in [0, 0.05) is 31.3 Å². The van der Waals surface area contributed by atoms with E-state index in [-0.39, 0.29) is 17.9 Å². The summed E-state index contributed by atoms with van der Waals surface area (Å²) in [6.45, 7) is 5.15. The molecular weight excluding hydrogens is 405 g/mol. The highest BCUT2D eigenvalue weighted by molar-refractivity contribution is 6.05. The Morgan fingerprint density at radius 1 is 0.968 bits per heavy atom. The lowest BCUT2D eigenvalue weighted by atomic mass is 9.95. The number of benzene rings is 3. The Morgan fingerprint density at radius 3 is 2.16 bits per heavy atom. The number of carbonyl (C=O) groups is 2. The van der Waals surface area contributed by atoms with Crippen LogP contribution in [-0.4, -0.2) is 24.9 Å². The first-order valence-electron chi connectivity index (χ1n) is 9.78. The summed E-state index contributed by atoms with van der Waals surface area (Å²) in [5, 5.41) is 4.31. The molecule has 1 N–H and O–H groups in total. The van der Waals surface area contributed by atoms with Gasteiger partial charge in [0.1, 0.15) is 0 Å². The number of halogens is 3. The maximum Gasteiger partial charge on any atom is 0.416 e. The molecule has 0 saturated heterocycles. The average Bonchev–Trinajstić information content (AvgIpc) is 2.70. The second-order valence-electron chi connectivity index (χ2n) is 7.71. The Balaban J connectivity index is 2.19. The van der Waals surface area contributed by atoms with Crippen LogP contribution in [0.2, 0.25) is 0 Å². The number of hydrogen-bond acceptors (Lipinski definition) is 2. The normalized spacial score (nSPS) is 11.6. The van der Waals surface area contributed by atoms with E-state index in [0.29, 0.717) is 27.8 Å². The number of hydrogen-bond donors (Lipinski definition) is 1. The van der Waals surface area contributed by atoms with Gasteiger partial charge in [-0.05, 0) is 72.1 Å². The molecule has 0 bridgehead atoms. The van der Waals surface area contributed by atoms with E-state index in [2.05, 4.69) is 5.32 Å². The molecule has 0 unspecified atom stereocenters. The fourth-order valence-electron chi connectivity index (χ4n) is 3.29. The van der Waals surface area contributed by atoms with E-state index in [9.17, 15) is 22.8 Å². The molecule has 3 aromatic rings. The van der Waals surface area contributed by atoms with Crippen LogP contribution in [0.15, 0.2) is 54.6 Å². The standard InChI is InChI=1S/C24H23F3N2O2/c1-14(2)28-23(31)17-7-10-21-18(11-17)12-20(29(4)15(3)30)13-22(21)16-5-8-19(9-6-16)24(25,26)27/h5-14H,1-4H3,(H,28,31). The van der Waals surface area contributed by atoms with Crippen molar-refractivity contribution >= 4 is 28.3 Å². The highest BCUT2D eigenvalue weighted by Gasteiger charge is 2.30. The molecule has 0 radical (unpaired) electrons. The van der Waals surface area contributed by atoms with Gasteiger partial charge in [0.2, 0.25) is 5.91 Å². The molecule has 0 aliphatic carbocycles. The summed E-state index contributed by atoms with van der Waals surface area (Å²) in [5.41, 5.74) is 1.56. The summed E-state index contributed by atoms with van der Waals surface area (Å²) in [4.78, 5) is 25.8. The van der Waals surface area contributed by atoms with Crippen molar-refractivity contribution in [3.8, 4) is 11.1 Å². The lowest BCUT2D eigenvalue weighted by molar-refractivity contribution is -0.137. The maximum atomic E-state index is 13.0. The van der Waals surface area contributed by atoms with Crippen molar-refractivity contribution in [3.63, 3.8) is 0 Å². The fraction of sp³-hybridized carbons (Fsp3) is 0.250. The lowest BCUT2D eigenvalue weighted by Gasteiger charge is -2.19. The number of amides is 2. The van der Waals surface area contributed by atoms with Gasteiger partial charge in [0.15, 0.2) is 0 Å². The highest BCUT2D eigenvalue weighted by atomic mass is 19.4. The first kappa shape index (κ1) is 22.3. The zero-order valence-electron chi connectivity index (χ0n) is 17.7. The molecule has 0 aromatic heterocycles. The molecule has 7 heteroatoms. The average molecular weight is 428 g/mol. The molecule has 4 nitrogen and oxygen atoms in total. The van der Waals surface area contributed by atoms with Gasteiger partial charge in [-0.25, -0.2) is 0 Å².